The number of hydrogen-bond donors (Lipinski definition) is 1. The van der Waals surface area contributed by atoms with Gasteiger partial charge in [-0.15, -0.1) is 0 Å². The molecule has 0 atom stereocenters. The lowest BCUT2D eigenvalue weighted by Crippen LogP contribution is -2.44. The third-order valence-corrected chi connectivity index (χ3v) is 9.26. The van der Waals surface area contributed by atoms with Crippen LogP contribution in [0.1, 0.15) is 43.7 Å². The fraction of sp³-hybridized carbons (Fsp3) is 0.519. The van der Waals surface area contributed by atoms with E-state index in [9.17, 15) is 13.2 Å². The van der Waals surface area contributed by atoms with Gasteiger partial charge in [0.05, 0.1) is 4.90 Å². The maximum absolute atomic E-state index is 13.1. The van der Waals surface area contributed by atoms with Gasteiger partial charge in [0, 0.05) is 56.6 Å². The lowest BCUT2D eigenvalue weighted by Gasteiger charge is -2.34. The van der Waals surface area contributed by atoms with Crippen LogP contribution in [0.25, 0.3) is 0 Å². The summed E-state index contributed by atoms with van der Waals surface area (Å²) in [4.78, 5) is 18.0. The maximum atomic E-state index is 13.1. The number of anilines is 2. The second kappa shape index (κ2) is 10.7. The molecule has 2 aromatic rings. The summed E-state index contributed by atoms with van der Waals surface area (Å²) in [5.74, 6) is 0.132. The Morgan fingerprint density at radius 1 is 0.943 bits per heavy atom. The first-order valence-electron chi connectivity index (χ1n) is 12.6. The van der Waals surface area contributed by atoms with Crippen molar-refractivity contribution in [1.82, 2.24) is 9.21 Å². The standard InChI is InChI=1S/C27H38N4O3S/c1-20(2)22-5-8-25(9-6-22)35(33,34)31-13-11-23(12-14-31)27(32)28-26-10-7-24(19-21(26)3)30-17-15-29(4)16-18-30/h5-10,19-20,23H,11-18H2,1-4H3,(H,28,32). The van der Waals surface area contributed by atoms with Crippen LogP contribution in [-0.2, 0) is 14.8 Å². The molecule has 1 N–H and O–H groups in total. The number of piperazine rings is 1. The zero-order valence-corrected chi connectivity index (χ0v) is 22.1. The smallest absolute Gasteiger partial charge is 0.243 e. The molecule has 2 aliphatic heterocycles. The van der Waals surface area contributed by atoms with Crippen LogP contribution in [-0.4, -0.2) is 69.8 Å². The Kier molecular flexibility index (Phi) is 7.83. The lowest BCUT2D eigenvalue weighted by molar-refractivity contribution is -0.120. The minimum Gasteiger partial charge on any atom is -0.369 e. The van der Waals surface area contributed by atoms with E-state index < -0.39 is 10.0 Å². The van der Waals surface area contributed by atoms with E-state index in [4.69, 9.17) is 0 Å². The zero-order chi connectivity index (χ0) is 25.2. The van der Waals surface area contributed by atoms with Gasteiger partial charge in [0.1, 0.15) is 0 Å². The molecule has 2 aromatic carbocycles. The second-order valence-electron chi connectivity index (χ2n) is 10.2. The highest BCUT2D eigenvalue weighted by Crippen LogP contribution is 2.28. The third-order valence-electron chi connectivity index (χ3n) is 7.35. The summed E-state index contributed by atoms with van der Waals surface area (Å²) < 4.78 is 27.7. The predicted molar refractivity (Wildman–Crippen MR) is 142 cm³/mol. The molecular formula is C27H38N4O3S. The average Bonchev–Trinajstić information content (AvgIpc) is 2.86. The summed E-state index contributed by atoms with van der Waals surface area (Å²) in [6.07, 6.45) is 1.04. The van der Waals surface area contributed by atoms with Gasteiger partial charge in [-0.1, -0.05) is 26.0 Å². The monoisotopic (exact) mass is 498 g/mol. The molecule has 0 radical (unpaired) electrons. The van der Waals surface area contributed by atoms with Gasteiger partial charge in [0.25, 0.3) is 0 Å². The van der Waals surface area contributed by atoms with Gasteiger partial charge >= 0.3 is 0 Å². The minimum absolute atomic E-state index is 0.0289. The number of hydrogen-bond acceptors (Lipinski definition) is 5. The molecule has 0 spiro atoms. The molecule has 2 heterocycles. The highest BCUT2D eigenvalue weighted by molar-refractivity contribution is 7.89. The van der Waals surface area contributed by atoms with Gasteiger partial charge in [0.15, 0.2) is 0 Å². The molecule has 0 unspecified atom stereocenters. The molecule has 0 bridgehead atoms. The molecule has 1 amide bonds. The summed E-state index contributed by atoms with van der Waals surface area (Å²) in [7, 11) is -1.40. The lowest BCUT2D eigenvalue weighted by atomic mass is 9.97. The van der Waals surface area contributed by atoms with Crippen molar-refractivity contribution in [3.05, 3.63) is 53.6 Å². The molecule has 2 aliphatic rings. The van der Waals surface area contributed by atoms with Crippen molar-refractivity contribution in [3.63, 3.8) is 0 Å². The number of aryl methyl sites for hydroxylation is 1. The Bertz CT molecular complexity index is 1130. The summed E-state index contributed by atoms with van der Waals surface area (Å²) in [6, 6.07) is 13.4. The number of nitrogens with zero attached hydrogens (tertiary/aromatic N) is 3. The fourth-order valence-corrected chi connectivity index (χ4v) is 6.29. The highest BCUT2D eigenvalue weighted by atomic mass is 32.2. The van der Waals surface area contributed by atoms with Crippen molar-refractivity contribution in [2.45, 2.75) is 44.4 Å². The zero-order valence-electron chi connectivity index (χ0n) is 21.3. The van der Waals surface area contributed by atoms with Crippen molar-refractivity contribution in [2.24, 2.45) is 5.92 Å². The number of nitrogens with one attached hydrogen (secondary N) is 1. The predicted octanol–water partition coefficient (Wildman–Crippen LogP) is 3.91. The summed E-state index contributed by atoms with van der Waals surface area (Å²) in [6.45, 7) is 11.0. The molecule has 2 saturated heterocycles. The van der Waals surface area contributed by atoms with E-state index in [-0.39, 0.29) is 11.8 Å². The first-order valence-corrected chi connectivity index (χ1v) is 14.0. The number of rotatable bonds is 6. The number of sulfonamides is 1. The second-order valence-corrected chi connectivity index (χ2v) is 12.1. The van der Waals surface area contributed by atoms with E-state index >= 15 is 0 Å². The Balaban J connectivity index is 1.33. The first-order chi connectivity index (χ1) is 16.6. The molecule has 2 fully saturated rings. The Morgan fingerprint density at radius 2 is 1.57 bits per heavy atom. The van der Waals surface area contributed by atoms with Crippen LogP contribution in [0.5, 0.6) is 0 Å². The van der Waals surface area contributed by atoms with E-state index in [0.29, 0.717) is 36.7 Å². The Morgan fingerprint density at radius 3 is 2.14 bits per heavy atom. The third kappa shape index (κ3) is 5.88. The van der Waals surface area contributed by atoms with E-state index in [1.54, 1.807) is 12.1 Å². The van der Waals surface area contributed by atoms with E-state index in [1.165, 1.54) is 9.99 Å². The van der Waals surface area contributed by atoms with Crippen molar-refractivity contribution in [1.29, 1.82) is 0 Å². The van der Waals surface area contributed by atoms with Crippen LogP contribution >= 0.6 is 0 Å². The maximum Gasteiger partial charge on any atom is 0.243 e. The largest absolute Gasteiger partial charge is 0.369 e. The molecule has 190 valence electrons. The number of benzene rings is 2. The highest BCUT2D eigenvalue weighted by Gasteiger charge is 2.32. The van der Waals surface area contributed by atoms with Crippen molar-refractivity contribution >= 4 is 27.3 Å². The SMILES string of the molecule is Cc1cc(N2CCN(C)CC2)ccc1NC(=O)C1CCN(S(=O)(=O)c2ccc(C(C)C)cc2)CC1. The van der Waals surface area contributed by atoms with Gasteiger partial charge in [-0.05, 0) is 74.2 Å². The number of likely N-dealkylation sites (N-methyl/N-ethyl adjacent to an activating group) is 1. The molecule has 8 heteroatoms. The van der Waals surface area contributed by atoms with Crippen molar-refractivity contribution < 1.29 is 13.2 Å². The van der Waals surface area contributed by atoms with Crippen LogP contribution in [0, 0.1) is 12.8 Å². The number of carbonyl (C=O) groups is 1. The number of carbonyl (C=O) groups excluding carboxylic acids is 1. The van der Waals surface area contributed by atoms with Gasteiger partial charge in [-0.3, -0.25) is 4.79 Å². The summed E-state index contributed by atoms with van der Waals surface area (Å²) >= 11 is 0. The normalized spacial score (nSPS) is 18.7. The summed E-state index contributed by atoms with van der Waals surface area (Å²) in [5, 5.41) is 3.09. The van der Waals surface area contributed by atoms with Crippen molar-refractivity contribution in [3.8, 4) is 0 Å². The average molecular weight is 499 g/mol. The minimum atomic E-state index is -3.54. The topological polar surface area (TPSA) is 73.0 Å². The van der Waals surface area contributed by atoms with Crippen molar-refractivity contribution in [2.75, 3.05) is 56.5 Å². The molecule has 0 aliphatic carbocycles. The molecule has 0 aromatic heterocycles. The Hall–Kier alpha value is -2.42. The first kappa shape index (κ1) is 25.7. The quantitative estimate of drug-likeness (QED) is 0.654. The molecular weight excluding hydrogens is 460 g/mol. The van der Waals surface area contributed by atoms with E-state index in [2.05, 4.69) is 48.1 Å². The van der Waals surface area contributed by atoms with Gasteiger partial charge in [-0.2, -0.15) is 4.31 Å². The molecule has 4 rings (SSSR count). The van der Waals surface area contributed by atoms with E-state index in [0.717, 1.165) is 43.0 Å². The molecule has 0 saturated carbocycles. The van der Waals surface area contributed by atoms with Crippen LogP contribution in [0.4, 0.5) is 11.4 Å². The van der Waals surface area contributed by atoms with Crippen LogP contribution < -0.4 is 10.2 Å². The molecule has 7 nitrogen and oxygen atoms in total. The van der Waals surface area contributed by atoms with Gasteiger partial charge in [-0.25, -0.2) is 8.42 Å². The number of amides is 1. The Labute approximate surface area is 210 Å². The van der Waals surface area contributed by atoms with Crippen LogP contribution in [0.15, 0.2) is 47.4 Å². The summed E-state index contributed by atoms with van der Waals surface area (Å²) in [5.41, 5.74) is 4.17. The van der Waals surface area contributed by atoms with Crippen LogP contribution in [0.3, 0.4) is 0 Å². The fourth-order valence-electron chi connectivity index (χ4n) is 4.82. The molecule has 35 heavy (non-hydrogen) atoms. The van der Waals surface area contributed by atoms with Crippen LogP contribution in [0.2, 0.25) is 0 Å². The van der Waals surface area contributed by atoms with Gasteiger partial charge < -0.3 is 15.1 Å². The van der Waals surface area contributed by atoms with E-state index in [1.807, 2.05) is 25.1 Å². The van der Waals surface area contributed by atoms with Gasteiger partial charge in [0.2, 0.25) is 15.9 Å². The number of piperidine rings is 1.